The molecule has 0 aliphatic carbocycles. The number of aromatic nitrogens is 1. The Labute approximate surface area is 103 Å². The minimum Gasteiger partial charge on any atom is -0.464 e. The summed E-state index contributed by atoms with van der Waals surface area (Å²) in [6.45, 7) is 1.59. The molecule has 0 bridgehead atoms. The number of hydrogen-bond donors (Lipinski definition) is 3. The summed E-state index contributed by atoms with van der Waals surface area (Å²) in [5.74, 6) is -1.65. The van der Waals surface area contributed by atoms with Crippen LogP contribution in [0.4, 0.5) is 0 Å². The number of nitrogens with two attached hydrogens (primary N) is 1. The predicted octanol–water partition coefficient (Wildman–Crippen LogP) is -0.944. The molecule has 1 amide bonds. The molecule has 4 N–H and O–H groups in total. The average molecular weight is 254 g/mol. The van der Waals surface area contributed by atoms with E-state index in [0.717, 1.165) is 0 Å². The fourth-order valence-electron chi connectivity index (χ4n) is 1.41. The lowest BCUT2D eigenvalue weighted by Crippen LogP contribution is -2.34. The number of nitrogens with zero attached hydrogens (tertiary/aromatic N) is 1. The standard InChI is InChI=1S/C11H14N2O5/c1-5-3-6(8(14)9(15)10(12)16)4-13-7(5)11(17)18-2/h3-4,8-9,14-15H,1-2H3,(H2,12,16). The lowest BCUT2D eigenvalue weighted by Gasteiger charge is -2.15. The average Bonchev–Trinajstić information content (AvgIpc) is 2.35. The predicted molar refractivity (Wildman–Crippen MR) is 60.5 cm³/mol. The molecule has 18 heavy (non-hydrogen) atoms. The van der Waals surface area contributed by atoms with Crippen molar-refractivity contribution < 1.29 is 24.5 Å². The van der Waals surface area contributed by atoms with Gasteiger partial charge in [0.25, 0.3) is 0 Å². The largest absolute Gasteiger partial charge is 0.464 e. The van der Waals surface area contributed by atoms with E-state index in [2.05, 4.69) is 9.72 Å². The van der Waals surface area contributed by atoms with Crippen molar-refractivity contribution in [2.75, 3.05) is 7.11 Å². The van der Waals surface area contributed by atoms with Crippen LogP contribution in [0.15, 0.2) is 12.3 Å². The molecule has 0 fully saturated rings. The molecule has 0 aromatic carbocycles. The summed E-state index contributed by atoms with van der Waals surface area (Å²) in [6, 6.07) is 1.43. The monoisotopic (exact) mass is 254 g/mol. The molecule has 0 aliphatic rings. The highest BCUT2D eigenvalue weighted by atomic mass is 16.5. The number of hydrogen-bond acceptors (Lipinski definition) is 6. The van der Waals surface area contributed by atoms with Gasteiger partial charge in [-0.2, -0.15) is 0 Å². The summed E-state index contributed by atoms with van der Waals surface area (Å²) < 4.78 is 4.52. The van der Waals surface area contributed by atoms with Crippen LogP contribution >= 0.6 is 0 Å². The zero-order valence-corrected chi connectivity index (χ0v) is 9.95. The SMILES string of the molecule is COC(=O)c1ncc(C(O)C(O)C(N)=O)cc1C. The number of methoxy groups -OCH3 is 1. The number of aliphatic hydroxyl groups excluding tert-OH is 2. The van der Waals surface area contributed by atoms with E-state index < -0.39 is 24.1 Å². The van der Waals surface area contributed by atoms with Gasteiger partial charge in [-0.05, 0) is 18.6 Å². The number of primary amides is 1. The Morgan fingerprint density at radius 1 is 1.44 bits per heavy atom. The van der Waals surface area contributed by atoms with Gasteiger partial charge in [0.05, 0.1) is 7.11 Å². The smallest absolute Gasteiger partial charge is 0.356 e. The van der Waals surface area contributed by atoms with E-state index in [4.69, 9.17) is 5.73 Å². The number of amides is 1. The molecule has 0 saturated carbocycles. The first kappa shape index (κ1) is 14.1. The zero-order valence-electron chi connectivity index (χ0n) is 9.95. The molecule has 1 rings (SSSR count). The fourth-order valence-corrected chi connectivity index (χ4v) is 1.41. The summed E-state index contributed by atoms with van der Waals surface area (Å²) in [5.41, 5.74) is 5.61. The van der Waals surface area contributed by atoms with Crippen molar-refractivity contribution in [1.82, 2.24) is 4.98 Å². The molecule has 7 heteroatoms. The maximum atomic E-state index is 11.3. The quantitative estimate of drug-likeness (QED) is 0.596. The third-order valence-corrected chi connectivity index (χ3v) is 2.41. The van der Waals surface area contributed by atoms with Gasteiger partial charge < -0.3 is 20.7 Å². The highest BCUT2D eigenvalue weighted by Crippen LogP contribution is 2.18. The highest BCUT2D eigenvalue weighted by molar-refractivity contribution is 5.88. The van der Waals surface area contributed by atoms with E-state index in [-0.39, 0.29) is 11.3 Å². The lowest BCUT2D eigenvalue weighted by atomic mass is 10.0. The van der Waals surface area contributed by atoms with Crippen LogP contribution in [0.1, 0.15) is 27.7 Å². The van der Waals surface area contributed by atoms with E-state index in [9.17, 15) is 19.8 Å². The molecule has 1 aromatic heterocycles. The first-order valence-electron chi connectivity index (χ1n) is 5.08. The summed E-state index contributed by atoms with van der Waals surface area (Å²) in [5, 5.41) is 19.0. The van der Waals surface area contributed by atoms with E-state index in [1.807, 2.05) is 0 Å². The zero-order chi connectivity index (χ0) is 13.9. The number of pyridine rings is 1. The van der Waals surface area contributed by atoms with E-state index >= 15 is 0 Å². The summed E-state index contributed by atoms with van der Waals surface area (Å²) >= 11 is 0. The molecule has 0 saturated heterocycles. The van der Waals surface area contributed by atoms with Gasteiger partial charge in [0.1, 0.15) is 6.10 Å². The molecule has 98 valence electrons. The molecule has 2 atom stereocenters. The molecule has 1 heterocycles. The van der Waals surface area contributed by atoms with Crippen LogP contribution < -0.4 is 5.73 Å². The van der Waals surface area contributed by atoms with Gasteiger partial charge in [-0.1, -0.05) is 0 Å². The Morgan fingerprint density at radius 2 is 2.06 bits per heavy atom. The van der Waals surface area contributed by atoms with Crippen molar-refractivity contribution in [1.29, 1.82) is 0 Å². The molecular weight excluding hydrogens is 240 g/mol. The topological polar surface area (TPSA) is 123 Å². The fraction of sp³-hybridized carbons (Fsp3) is 0.364. The van der Waals surface area contributed by atoms with Crippen molar-refractivity contribution in [3.63, 3.8) is 0 Å². The molecule has 0 aliphatic heterocycles. The first-order valence-corrected chi connectivity index (χ1v) is 5.08. The molecule has 7 nitrogen and oxygen atoms in total. The molecular formula is C11H14N2O5. The van der Waals surface area contributed by atoms with Crippen LogP contribution in [0.25, 0.3) is 0 Å². The third-order valence-electron chi connectivity index (χ3n) is 2.41. The van der Waals surface area contributed by atoms with Crippen molar-refractivity contribution >= 4 is 11.9 Å². The third kappa shape index (κ3) is 2.82. The molecule has 2 unspecified atom stereocenters. The normalized spacial score (nSPS) is 13.8. The van der Waals surface area contributed by atoms with Crippen molar-refractivity contribution in [3.05, 3.63) is 29.1 Å². The van der Waals surface area contributed by atoms with Crippen molar-refractivity contribution in [3.8, 4) is 0 Å². The van der Waals surface area contributed by atoms with Gasteiger partial charge in [0.15, 0.2) is 11.8 Å². The maximum absolute atomic E-state index is 11.3. The highest BCUT2D eigenvalue weighted by Gasteiger charge is 2.24. The lowest BCUT2D eigenvalue weighted by molar-refractivity contribution is -0.132. The van der Waals surface area contributed by atoms with Gasteiger partial charge in [0, 0.05) is 11.8 Å². The van der Waals surface area contributed by atoms with Gasteiger partial charge in [-0.25, -0.2) is 9.78 Å². The summed E-state index contributed by atoms with van der Waals surface area (Å²) in [6.07, 6.45) is -2.04. The maximum Gasteiger partial charge on any atom is 0.356 e. The number of esters is 1. The van der Waals surface area contributed by atoms with Gasteiger partial charge in [0.2, 0.25) is 5.91 Å². The number of carbonyl (C=O) groups excluding carboxylic acids is 2. The number of aryl methyl sites for hydroxylation is 1. The number of aliphatic hydroxyl groups is 2. The Bertz CT molecular complexity index is 475. The minimum absolute atomic E-state index is 0.0991. The number of carbonyl (C=O) groups is 2. The Balaban J connectivity index is 3.04. The Hall–Kier alpha value is -1.99. The second-order valence-corrected chi connectivity index (χ2v) is 3.72. The van der Waals surface area contributed by atoms with Crippen LogP contribution in [0, 0.1) is 6.92 Å². The number of ether oxygens (including phenoxy) is 1. The van der Waals surface area contributed by atoms with Crippen LogP contribution in [0.5, 0.6) is 0 Å². The van der Waals surface area contributed by atoms with Crippen LogP contribution in [0.2, 0.25) is 0 Å². The van der Waals surface area contributed by atoms with Crippen LogP contribution in [0.3, 0.4) is 0 Å². The minimum atomic E-state index is -1.73. The van der Waals surface area contributed by atoms with Crippen LogP contribution in [-0.4, -0.2) is 40.3 Å². The second kappa shape index (κ2) is 5.56. The van der Waals surface area contributed by atoms with E-state index in [0.29, 0.717) is 5.56 Å². The van der Waals surface area contributed by atoms with Gasteiger partial charge >= 0.3 is 5.97 Å². The summed E-state index contributed by atoms with van der Waals surface area (Å²) in [4.78, 5) is 25.8. The van der Waals surface area contributed by atoms with Crippen molar-refractivity contribution in [2.45, 2.75) is 19.1 Å². The molecule has 0 radical (unpaired) electrons. The Morgan fingerprint density at radius 3 is 2.50 bits per heavy atom. The van der Waals surface area contributed by atoms with E-state index in [1.54, 1.807) is 6.92 Å². The Kier molecular flexibility index (Phi) is 4.35. The number of rotatable bonds is 4. The second-order valence-electron chi connectivity index (χ2n) is 3.72. The molecule has 0 spiro atoms. The van der Waals surface area contributed by atoms with E-state index in [1.165, 1.54) is 19.4 Å². The van der Waals surface area contributed by atoms with Gasteiger partial charge in [-0.15, -0.1) is 0 Å². The summed E-state index contributed by atoms with van der Waals surface area (Å²) in [7, 11) is 1.23. The van der Waals surface area contributed by atoms with Crippen LogP contribution in [-0.2, 0) is 9.53 Å². The van der Waals surface area contributed by atoms with Crippen molar-refractivity contribution in [2.24, 2.45) is 5.73 Å². The first-order chi connectivity index (χ1) is 8.38. The molecule has 1 aromatic rings. The van der Waals surface area contributed by atoms with Gasteiger partial charge in [-0.3, -0.25) is 4.79 Å².